The number of carbonyl (C=O) groups excluding carboxylic acids is 1. The van der Waals surface area contributed by atoms with E-state index in [4.69, 9.17) is 5.73 Å². The average Bonchev–Trinajstić information content (AvgIpc) is 2.36. The summed E-state index contributed by atoms with van der Waals surface area (Å²) in [7, 11) is 0. The normalized spacial score (nSPS) is 14.0. The van der Waals surface area contributed by atoms with Crippen molar-refractivity contribution in [3.63, 3.8) is 0 Å². The standard InChI is InChI=1S/C15H24N2O/c1-11-7-4-5-9-14(11)13(3)17-15(18)12(2)8-6-10-16/h4-5,7,9,12-13H,6,8,10,16H2,1-3H3,(H,17,18)/t12?,13-/m1/s1. The number of carbonyl (C=O) groups is 1. The maximum atomic E-state index is 12.0. The number of hydrogen-bond acceptors (Lipinski definition) is 2. The van der Waals surface area contributed by atoms with Crippen molar-refractivity contribution in [2.45, 2.75) is 39.7 Å². The molecule has 1 aromatic carbocycles. The van der Waals surface area contributed by atoms with Crippen LogP contribution >= 0.6 is 0 Å². The lowest BCUT2D eigenvalue weighted by molar-refractivity contribution is -0.125. The lowest BCUT2D eigenvalue weighted by Gasteiger charge is -2.19. The van der Waals surface area contributed by atoms with Gasteiger partial charge in [-0.15, -0.1) is 0 Å². The number of aryl methyl sites for hydroxylation is 1. The van der Waals surface area contributed by atoms with Gasteiger partial charge in [0, 0.05) is 5.92 Å². The van der Waals surface area contributed by atoms with E-state index in [0.29, 0.717) is 6.54 Å². The second-order valence-electron chi connectivity index (χ2n) is 4.92. The first-order chi connectivity index (χ1) is 8.56. The maximum Gasteiger partial charge on any atom is 0.223 e. The molecule has 0 saturated heterocycles. The van der Waals surface area contributed by atoms with Crippen LogP contribution in [-0.4, -0.2) is 12.5 Å². The molecule has 3 heteroatoms. The quantitative estimate of drug-likeness (QED) is 0.813. The van der Waals surface area contributed by atoms with Gasteiger partial charge in [0.2, 0.25) is 5.91 Å². The van der Waals surface area contributed by atoms with Crippen molar-refractivity contribution < 1.29 is 4.79 Å². The molecule has 0 bridgehead atoms. The predicted octanol–water partition coefficient (Wildman–Crippen LogP) is 2.55. The summed E-state index contributed by atoms with van der Waals surface area (Å²) >= 11 is 0. The molecule has 2 atom stereocenters. The van der Waals surface area contributed by atoms with E-state index in [1.807, 2.05) is 26.0 Å². The van der Waals surface area contributed by atoms with Crippen molar-refractivity contribution in [3.8, 4) is 0 Å². The third kappa shape index (κ3) is 4.15. The molecule has 1 rings (SSSR count). The van der Waals surface area contributed by atoms with Crippen LogP contribution < -0.4 is 11.1 Å². The molecular weight excluding hydrogens is 224 g/mol. The van der Waals surface area contributed by atoms with Crippen molar-refractivity contribution in [2.24, 2.45) is 11.7 Å². The van der Waals surface area contributed by atoms with E-state index in [9.17, 15) is 4.79 Å². The van der Waals surface area contributed by atoms with Crippen molar-refractivity contribution >= 4 is 5.91 Å². The molecule has 0 fully saturated rings. The number of hydrogen-bond donors (Lipinski definition) is 2. The minimum absolute atomic E-state index is 0.0278. The molecule has 0 spiro atoms. The number of benzene rings is 1. The van der Waals surface area contributed by atoms with Crippen molar-refractivity contribution in [3.05, 3.63) is 35.4 Å². The number of rotatable bonds is 6. The summed E-state index contributed by atoms with van der Waals surface area (Å²) in [6.45, 7) is 6.69. The van der Waals surface area contributed by atoms with E-state index in [1.165, 1.54) is 11.1 Å². The van der Waals surface area contributed by atoms with Gasteiger partial charge in [-0.05, 0) is 44.4 Å². The molecular formula is C15H24N2O. The van der Waals surface area contributed by atoms with E-state index in [0.717, 1.165) is 12.8 Å². The molecule has 3 N–H and O–H groups in total. The van der Waals surface area contributed by atoms with Gasteiger partial charge in [0.1, 0.15) is 0 Å². The van der Waals surface area contributed by atoms with Crippen LogP contribution in [0.25, 0.3) is 0 Å². The molecule has 1 aromatic rings. The smallest absolute Gasteiger partial charge is 0.223 e. The van der Waals surface area contributed by atoms with E-state index in [2.05, 4.69) is 24.4 Å². The number of amides is 1. The Balaban J connectivity index is 2.57. The van der Waals surface area contributed by atoms with Crippen LogP contribution in [0.3, 0.4) is 0 Å². The van der Waals surface area contributed by atoms with Gasteiger partial charge in [-0.25, -0.2) is 0 Å². The first-order valence-electron chi connectivity index (χ1n) is 6.62. The van der Waals surface area contributed by atoms with Crippen LogP contribution in [0.15, 0.2) is 24.3 Å². The molecule has 0 heterocycles. The minimum atomic E-state index is 0.0278. The first kappa shape index (κ1) is 14.7. The highest BCUT2D eigenvalue weighted by atomic mass is 16.1. The maximum absolute atomic E-state index is 12.0. The van der Waals surface area contributed by atoms with Gasteiger partial charge in [-0.1, -0.05) is 31.2 Å². The zero-order chi connectivity index (χ0) is 13.5. The highest BCUT2D eigenvalue weighted by molar-refractivity contribution is 5.78. The zero-order valence-corrected chi connectivity index (χ0v) is 11.6. The summed E-state index contributed by atoms with van der Waals surface area (Å²) in [5.74, 6) is 0.138. The van der Waals surface area contributed by atoms with Crippen LogP contribution in [0.1, 0.15) is 43.9 Å². The van der Waals surface area contributed by atoms with E-state index >= 15 is 0 Å². The Kier molecular flexibility index (Phi) is 5.86. The SMILES string of the molecule is Cc1ccccc1[C@@H](C)NC(=O)C(C)CCCN. The van der Waals surface area contributed by atoms with Gasteiger partial charge >= 0.3 is 0 Å². The average molecular weight is 248 g/mol. The lowest BCUT2D eigenvalue weighted by atomic mass is 10.0. The third-order valence-corrected chi connectivity index (χ3v) is 3.30. The van der Waals surface area contributed by atoms with E-state index < -0.39 is 0 Å². The molecule has 0 radical (unpaired) electrons. The Morgan fingerprint density at radius 3 is 2.61 bits per heavy atom. The Morgan fingerprint density at radius 2 is 2.00 bits per heavy atom. The lowest BCUT2D eigenvalue weighted by Crippen LogP contribution is -2.32. The molecule has 0 aliphatic rings. The minimum Gasteiger partial charge on any atom is -0.349 e. The summed E-state index contributed by atoms with van der Waals surface area (Å²) < 4.78 is 0. The predicted molar refractivity (Wildman–Crippen MR) is 75.2 cm³/mol. The van der Waals surface area contributed by atoms with Gasteiger partial charge in [0.15, 0.2) is 0 Å². The zero-order valence-electron chi connectivity index (χ0n) is 11.6. The number of nitrogens with two attached hydrogens (primary N) is 1. The van der Waals surface area contributed by atoms with Gasteiger partial charge in [-0.2, -0.15) is 0 Å². The van der Waals surface area contributed by atoms with Gasteiger partial charge in [0.25, 0.3) is 0 Å². The fourth-order valence-corrected chi connectivity index (χ4v) is 2.06. The molecule has 18 heavy (non-hydrogen) atoms. The highest BCUT2D eigenvalue weighted by Crippen LogP contribution is 2.17. The van der Waals surface area contributed by atoms with Crippen molar-refractivity contribution in [1.29, 1.82) is 0 Å². The van der Waals surface area contributed by atoms with Gasteiger partial charge in [-0.3, -0.25) is 4.79 Å². The number of nitrogens with one attached hydrogen (secondary N) is 1. The molecule has 3 nitrogen and oxygen atoms in total. The van der Waals surface area contributed by atoms with Crippen molar-refractivity contribution in [2.75, 3.05) is 6.54 Å². The van der Waals surface area contributed by atoms with Crippen LogP contribution in [0, 0.1) is 12.8 Å². The Morgan fingerprint density at radius 1 is 1.33 bits per heavy atom. The van der Waals surface area contributed by atoms with Gasteiger partial charge < -0.3 is 11.1 Å². The second-order valence-corrected chi connectivity index (χ2v) is 4.92. The second kappa shape index (κ2) is 7.17. The fraction of sp³-hybridized carbons (Fsp3) is 0.533. The van der Waals surface area contributed by atoms with E-state index in [-0.39, 0.29) is 17.9 Å². The first-order valence-corrected chi connectivity index (χ1v) is 6.62. The molecule has 0 aromatic heterocycles. The summed E-state index contributed by atoms with van der Waals surface area (Å²) in [4.78, 5) is 12.0. The van der Waals surface area contributed by atoms with Crippen molar-refractivity contribution in [1.82, 2.24) is 5.32 Å². The fourth-order valence-electron chi connectivity index (χ4n) is 2.06. The Labute approximate surface area is 110 Å². The van der Waals surface area contributed by atoms with Crippen LogP contribution in [0.2, 0.25) is 0 Å². The van der Waals surface area contributed by atoms with Crippen LogP contribution in [0.4, 0.5) is 0 Å². The molecule has 0 saturated carbocycles. The molecule has 100 valence electrons. The molecule has 0 aliphatic carbocycles. The summed E-state index contributed by atoms with van der Waals surface area (Å²) in [6, 6.07) is 8.19. The summed E-state index contributed by atoms with van der Waals surface area (Å²) in [5.41, 5.74) is 7.84. The summed E-state index contributed by atoms with van der Waals surface area (Å²) in [5, 5.41) is 3.07. The molecule has 0 aliphatic heterocycles. The summed E-state index contributed by atoms with van der Waals surface area (Å²) in [6.07, 6.45) is 1.75. The van der Waals surface area contributed by atoms with Gasteiger partial charge in [0.05, 0.1) is 6.04 Å². The monoisotopic (exact) mass is 248 g/mol. The van der Waals surface area contributed by atoms with E-state index in [1.54, 1.807) is 0 Å². The third-order valence-electron chi connectivity index (χ3n) is 3.30. The van der Waals surface area contributed by atoms with Crippen LogP contribution in [0.5, 0.6) is 0 Å². The Bertz CT molecular complexity index is 390. The largest absolute Gasteiger partial charge is 0.349 e. The topological polar surface area (TPSA) is 55.1 Å². The molecule has 1 unspecified atom stereocenters. The molecule has 1 amide bonds. The highest BCUT2D eigenvalue weighted by Gasteiger charge is 2.16. The van der Waals surface area contributed by atoms with Crippen LogP contribution in [-0.2, 0) is 4.79 Å². The Hall–Kier alpha value is -1.35.